The Kier molecular flexibility index (Phi) is 17.6. The number of rotatable bonds is 19. The summed E-state index contributed by atoms with van der Waals surface area (Å²) in [5, 5.41) is 2.79. The average molecular weight is 633 g/mol. The summed E-state index contributed by atoms with van der Waals surface area (Å²) in [4.78, 5) is 56.1. The number of ether oxygens (including phenoxy) is 3. The molecule has 1 saturated heterocycles. The summed E-state index contributed by atoms with van der Waals surface area (Å²) in [5.41, 5.74) is 6.94. The standard InChI is InChI=1S/C34H56N4O7/c1-11-13-14-15-16-18-25(34(42)45-10)36-32(40)24(6)31(44-9)26-19-17-20-38(26)28(39)21-27(43-8)30(23(5)12-2)37(7)33(41)29(35)22(3)4/h11,13-16,22,24-27,29-31H,1,5,12,17-21,35H2,2-4,6-10H3,(H,36,40)/b14-13-,16-15+/t24-,25+,26+,27-,29+,30+,31-/m1/s1. The van der Waals surface area contributed by atoms with Crippen molar-refractivity contribution in [1.82, 2.24) is 15.1 Å². The van der Waals surface area contributed by atoms with E-state index in [0.717, 1.165) is 12.0 Å². The minimum Gasteiger partial charge on any atom is -0.467 e. The Bertz CT molecular complexity index is 1070. The second-order valence-corrected chi connectivity index (χ2v) is 11.8. The first-order chi connectivity index (χ1) is 21.3. The Morgan fingerprint density at radius 3 is 2.29 bits per heavy atom. The number of likely N-dealkylation sites (tertiary alicyclic amines) is 1. The molecule has 1 heterocycles. The van der Waals surface area contributed by atoms with Crippen LogP contribution in [0.3, 0.4) is 0 Å². The molecule has 11 nitrogen and oxygen atoms in total. The summed E-state index contributed by atoms with van der Waals surface area (Å²) in [6.07, 6.45) is 9.58. The lowest BCUT2D eigenvalue weighted by molar-refractivity contribution is -0.147. The van der Waals surface area contributed by atoms with E-state index >= 15 is 0 Å². The van der Waals surface area contributed by atoms with Gasteiger partial charge in [0.05, 0.1) is 49.8 Å². The van der Waals surface area contributed by atoms with Gasteiger partial charge < -0.3 is 35.1 Å². The fourth-order valence-electron chi connectivity index (χ4n) is 5.65. The molecule has 1 fully saturated rings. The van der Waals surface area contributed by atoms with Gasteiger partial charge in [-0.25, -0.2) is 4.79 Å². The molecule has 7 atom stereocenters. The van der Waals surface area contributed by atoms with E-state index in [1.54, 1.807) is 54.2 Å². The molecule has 3 amide bonds. The van der Waals surface area contributed by atoms with Crippen molar-refractivity contribution in [2.45, 2.75) is 96.2 Å². The van der Waals surface area contributed by atoms with Gasteiger partial charge in [0.25, 0.3) is 0 Å². The van der Waals surface area contributed by atoms with Crippen molar-refractivity contribution in [3.63, 3.8) is 0 Å². The van der Waals surface area contributed by atoms with Crippen molar-refractivity contribution >= 4 is 23.7 Å². The van der Waals surface area contributed by atoms with Gasteiger partial charge >= 0.3 is 5.97 Å². The van der Waals surface area contributed by atoms with Crippen molar-refractivity contribution in [3.8, 4) is 0 Å². The summed E-state index contributed by atoms with van der Waals surface area (Å²) >= 11 is 0. The van der Waals surface area contributed by atoms with E-state index in [2.05, 4.69) is 18.5 Å². The normalized spacial score (nSPS) is 19.2. The number of hydrogen-bond acceptors (Lipinski definition) is 8. The number of carbonyl (C=O) groups excluding carboxylic acids is 4. The highest BCUT2D eigenvalue weighted by Gasteiger charge is 2.42. The molecular formula is C34H56N4O7. The van der Waals surface area contributed by atoms with Gasteiger partial charge in [0.1, 0.15) is 6.04 Å². The zero-order valence-corrected chi connectivity index (χ0v) is 28.5. The van der Waals surface area contributed by atoms with E-state index < -0.39 is 42.2 Å². The first-order valence-electron chi connectivity index (χ1n) is 15.7. The van der Waals surface area contributed by atoms with E-state index in [1.807, 2.05) is 20.8 Å². The molecule has 0 aromatic heterocycles. The summed E-state index contributed by atoms with van der Waals surface area (Å²) in [7, 11) is 5.97. The van der Waals surface area contributed by atoms with Crippen LogP contribution in [0.5, 0.6) is 0 Å². The Morgan fingerprint density at radius 2 is 1.76 bits per heavy atom. The van der Waals surface area contributed by atoms with Gasteiger partial charge in [-0.2, -0.15) is 0 Å². The topological polar surface area (TPSA) is 140 Å². The summed E-state index contributed by atoms with van der Waals surface area (Å²) in [6.45, 7) is 15.7. The zero-order valence-electron chi connectivity index (χ0n) is 28.5. The van der Waals surface area contributed by atoms with Crippen LogP contribution in [0.2, 0.25) is 0 Å². The van der Waals surface area contributed by atoms with E-state index in [-0.39, 0.29) is 42.5 Å². The lowest BCUT2D eigenvalue weighted by Gasteiger charge is -2.38. The van der Waals surface area contributed by atoms with E-state index in [1.165, 1.54) is 21.3 Å². The van der Waals surface area contributed by atoms with Crippen molar-refractivity contribution < 1.29 is 33.4 Å². The fourth-order valence-corrected chi connectivity index (χ4v) is 5.65. The van der Waals surface area contributed by atoms with E-state index in [4.69, 9.17) is 19.9 Å². The number of likely N-dealkylation sites (N-methyl/N-ethyl adjacent to an activating group) is 1. The maximum atomic E-state index is 13.8. The minimum absolute atomic E-state index is 0.000710. The van der Waals surface area contributed by atoms with Gasteiger partial charge in [-0.1, -0.05) is 76.8 Å². The van der Waals surface area contributed by atoms with E-state index in [9.17, 15) is 19.2 Å². The molecular weight excluding hydrogens is 576 g/mol. The maximum Gasteiger partial charge on any atom is 0.328 e. The molecule has 11 heteroatoms. The summed E-state index contributed by atoms with van der Waals surface area (Å²) in [6, 6.07) is -2.51. The molecule has 3 N–H and O–H groups in total. The van der Waals surface area contributed by atoms with Crippen molar-refractivity contribution in [3.05, 3.63) is 49.1 Å². The van der Waals surface area contributed by atoms with Gasteiger partial charge in [-0.15, -0.1) is 0 Å². The molecule has 0 aromatic carbocycles. The third-order valence-electron chi connectivity index (χ3n) is 8.52. The quantitative estimate of drug-likeness (QED) is 0.126. The molecule has 0 bridgehead atoms. The fraction of sp³-hybridized carbons (Fsp3) is 0.647. The first kappa shape index (κ1) is 39.7. The third-order valence-corrected chi connectivity index (χ3v) is 8.52. The van der Waals surface area contributed by atoms with Crippen LogP contribution in [-0.2, 0) is 33.4 Å². The summed E-state index contributed by atoms with van der Waals surface area (Å²) in [5.74, 6) is -2.11. The largest absolute Gasteiger partial charge is 0.467 e. The van der Waals surface area contributed by atoms with Crippen LogP contribution in [0.4, 0.5) is 0 Å². The van der Waals surface area contributed by atoms with E-state index in [0.29, 0.717) is 19.4 Å². The number of esters is 1. The monoisotopic (exact) mass is 632 g/mol. The predicted molar refractivity (Wildman–Crippen MR) is 176 cm³/mol. The number of nitrogens with two attached hydrogens (primary N) is 1. The Labute approximate surface area is 269 Å². The number of carbonyl (C=O) groups is 4. The van der Waals surface area contributed by atoms with Crippen LogP contribution >= 0.6 is 0 Å². The van der Waals surface area contributed by atoms with Gasteiger partial charge in [0, 0.05) is 27.8 Å². The number of hydrogen-bond donors (Lipinski definition) is 2. The van der Waals surface area contributed by atoms with Gasteiger partial charge in [0.15, 0.2) is 0 Å². The smallest absolute Gasteiger partial charge is 0.328 e. The molecule has 1 rings (SSSR count). The van der Waals surface area contributed by atoms with Crippen molar-refractivity contribution in [2.75, 3.05) is 34.9 Å². The number of nitrogens with one attached hydrogen (secondary N) is 1. The number of methoxy groups -OCH3 is 3. The third kappa shape index (κ3) is 11.2. The number of allylic oxidation sites excluding steroid dienone is 4. The SMILES string of the molecule is C=C/C=C\C=C\C[C@H](NC(=O)[C@H](C)[C@@H](OC)[C@@H]1CCCN1C(=O)C[C@@H](OC)[C@H](C(=C)CC)N(C)C(=O)[C@@H](N)C(C)C)C(=O)OC. The first-order valence-corrected chi connectivity index (χ1v) is 15.7. The molecule has 0 saturated carbocycles. The second-order valence-electron chi connectivity index (χ2n) is 11.8. The average Bonchev–Trinajstić information content (AvgIpc) is 3.52. The minimum atomic E-state index is -0.883. The molecule has 0 aliphatic carbocycles. The second kappa shape index (κ2) is 20.0. The Hall–Kier alpha value is -3.28. The summed E-state index contributed by atoms with van der Waals surface area (Å²) < 4.78 is 16.5. The molecule has 0 spiro atoms. The number of amides is 3. The van der Waals surface area contributed by atoms with Crippen LogP contribution in [0.25, 0.3) is 0 Å². The molecule has 254 valence electrons. The van der Waals surface area contributed by atoms with Gasteiger partial charge in [-0.05, 0) is 31.6 Å². The van der Waals surface area contributed by atoms with Crippen molar-refractivity contribution in [2.24, 2.45) is 17.6 Å². The highest BCUT2D eigenvalue weighted by molar-refractivity contribution is 5.86. The number of nitrogens with zero attached hydrogens (tertiary/aromatic N) is 2. The zero-order chi connectivity index (χ0) is 34.3. The molecule has 0 unspecified atom stereocenters. The maximum absolute atomic E-state index is 13.8. The van der Waals surface area contributed by atoms with Crippen LogP contribution in [0, 0.1) is 11.8 Å². The highest BCUT2D eigenvalue weighted by Crippen LogP contribution is 2.29. The Morgan fingerprint density at radius 1 is 1.09 bits per heavy atom. The molecule has 1 aliphatic heterocycles. The molecule has 0 radical (unpaired) electrons. The predicted octanol–water partition coefficient (Wildman–Crippen LogP) is 3.16. The highest BCUT2D eigenvalue weighted by atomic mass is 16.5. The Balaban J connectivity index is 3.14. The lowest BCUT2D eigenvalue weighted by atomic mass is 9.93. The van der Waals surface area contributed by atoms with Crippen molar-refractivity contribution in [1.29, 1.82) is 0 Å². The van der Waals surface area contributed by atoms with Crippen LogP contribution in [0.15, 0.2) is 49.1 Å². The van der Waals surface area contributed by atoms with Crippen LogP contribution in [0.1, 0.15) is 59.8 Å². The molecule has 45 heavy (non-hydrogen) atoms. The van der Waals surface area contributed by atoms with Crippen LogP contribution in [-0.4, -0.2) is 105 Å². The molecule has 1 aliphatic rings. The van der Waals surface area contributed by atoms with Crippen LogP contribution < -0.4 is 11.1 Å². The van der Waals surface area contributed by atoms with Gasteiger partial charge in [0.2, 0.25) is 17.7 Å². The van der Waals surface area contributed by atoms with Gasteiger partial charge in [-0.3, -0.25) is 14.4 Å². The molecule has 0 aromatic rings. The lowest BCUT2D eigenvalue weighted by Crippen LogP contribution is -2.55.